The van der Waals surface area contributed by atoms with Gasteiger partial charge in [-0.1, -0.05) is 23.7 Å². The fraction of sp³-hybridized carbons (Fsp3) is 0.158. The van der Waals surface area contributed by atoms with Crippen molar-refractivity contribution in [3.63, 3.8) is 0 Å². The zero-order chi connectivity index (χ0) is 20.0. The fourth-order valence-corrected chi connectivity index (χ4v) is 3.56. The quantitative estimate of drug-likeness (QED) is 0.634. The summed E-state index contributed by atoms with van der Waals surface area (Å²) in [7, 11) is 1.61. The Labute approximate surface area is 165 Å². The van der Waals surface area contributed by atoms with Crippen LogP contribution in [0.1, 0.15) is 11.6 Å². The molecule has 2 heterocycles. The number of nitro benzene ring substituents is 1. The van der Waals surface area contributed by atoms with Crippen molar-refractivity contribution < 1.29 is 14.5 Å². The van der Waals surface area contributed by atoms with Crippen LogP contribution in [0.15, 0.2) is 59.8 Å². The van der Waals surface area contributed by atoms with Gasteiger partial charge in [-0.2, -0.15) is 0 Å². The van der Waals surface area contributed by atoms with Crippen LogP contribution in [0.3, 0.4) is 0 Å². The maximum atomic E-state index is 13.2. The summed E-state index contributed by atoms with van der Waals surface area (Å²) in [6.45, 7) is 0.208. The summed E-state index contributed by atoms with van der Waals surface area (Å²) < 4.78 is 0. The summed E-state index contributed by atoms with van der Waals surface area (Å²) in [6.07, 6.45) is 0. The Bertz CT molecular complexity index is 1020. The number of carbonyl (C=O) groups excluding carboxylic acids is 2. The van der Waals surface area contributed by atoms with Crippen LogP contribution in [0.4, 0.5) is 16.2 Å². The smallest absolute Gasteiger partial charge is 0.322 e. The third-order valence-corrected chi connectivity index (χ3v) is 5.19. The van der Waals surface area contributed by atoms with Crippen molar-refractivity contribution in [1.29, 1.82) is 0 Å². The summed E-state index contributed by atoms with van der Waals surface area (Å²) in [5.74, 6) is -0.254. The number of non-ortho nitro benzene ring substituents is 1. The molecule has 3 amide bonds. The predicted molar refractivity (Wildman–Crippen MR) is 103 cm³/mol. The molecule has 1 N–H and O–H groups in total. The normalized spacial score (nSPS) is 19.0. The number of hydrogen-bond donors (Lipinski definition) is 1. The van der Waals surface area contributed by atoms with Crippen molar-refractivity contribution in [2.45, 2.75) is 6.04 Å². The molecule has 0 aromatic heterocycles. The molecule has 0 spiro atoms. The molecular formula is C19H15ClN4O4. The molecule has 9 heteroatoms. The number of nitrogens with one attached hydrogen (secondary N) is 1. The molecule has 1 atom stereocenters. The average Bonchev–Trinajstić information content (AvgIpc) is 3.03. The van der Waals surface area contributed by atoms with E-state index in [4.69, 9.17) is 11.6 Å². The molecule has 28 heavy (non-hydrogen) atoms. The van der Waals surface area contributed by atoms with E-state index < -0.39 is 11.0 Å². The van der Waals surface area contributed by atoms with Gasteiger partial charge < -0.3 is 10.2 Å². The van der Waals surface area contributed by atoms with Crippen molar-refractivity contribution in [3.05, 3.63) is 80.5 Å². The van der Waals surface area contributed by atoms with Crippen molar-refractivity contribution >= 4 is 34.9 Å². The second kappa shape index (κ2) is 6.65. The zero-order valence-electron chi connectivity index (χ0n) is 14.8. The second-order valence-corrected chi connectivity index (χ2v) is 6.95. The standard InChI is InChI=1S/C19H15ClN4O4/c1-22-15-10-23(13-6-8-14(9-7-13)24(27)28)18(25)16(15)17(21-19(22)26)11-2-4-12(20)5-3-11/h2-9,17H,10H2,1H3,(H,21,26)/t17-/m0/s1. The van der Waals surface area contributed by atoms with Gasteiger partial charge in [-0.15, -0.1) is 0 Å². The molecule has 2 aliphatic rings. The summed E-state index contributed by atoms with van der Waals surface area (Å²) in [6, 6.07) is 11.8. The monoisotopic (exact) mass is 398 g/mol. The van der Waals surface area contributed by atoms with Crippen molar-refractivity contribution in [1.82, 2.24) is 10.2 Å². The highest BCUT2D eigenvalue weighted by Gasteiger charge is 2.43. The lowest BCUT2D eigenvalue weighted by atomic mass is 9.96. The van der Waals surface area contributed by atoms with Gasteiger partial charge in [0.1, 0.15) is 0 Å². The van der Waals surface area contributed by atoms with Crippen LogP contribution in [0.5, 0.6) is 0 Å². The molecular weight excluding hydrogens is 384 g/mol. The molecule has 0 unspecified atom stereocenters. The number of urea groups is 1. The minimum absolute atomic E-state index is 0.0545. The number of rotatable bonds is 3. The van der Waals surface area contributed by atoms with Crippen LogP contribution < -0.4 is 10.2 Å². The maximum absolute atomic E-state index is 13.2. The summed E-state index contributed by atoms with van der Waals surface area (Å²) in [4.78, 5) is 38.9. The second-order valence-electron chi connectivity index (χ2n) is 6.52. The number of halogens is 1. The van der Waals surface area contributed by atoms with E-state index in [1.54, 1.807) is 31.3 Å². The molecule has 0 aliphatic carbocycles. The van der Waals surface area contributed by atoms with Gasteiger partial charge in [0.2, 0.25) is 0 Å². The van der Waals surface area contributed by atoms with E-state index in [-0.39, 0.29) is 24.2 Å². The van der Waals surface area contributed by atoms with Gasteiger partial charge in [0.15, 0.2) is 0 Å². The fourth-order valence-electron chi connectivity index (χ4n) is 3.44. The number of anilines is 1. The van der Waals surface area contributed by atoms with Crippen LogP contribution in [-0.2, 0) is 4.79 Å². The van der Waals surface area contributed by atoms with Crippen LogP contribution in [-0.4, -0.2) is 35.4 Å². The lowest BCUT2D eigenvalue weighted by Crippen LogP contribution is -2.45. The number of benzene rings is 2. The van der Waals surface area contributed by atoms with E-state index in [2.05, 4.69) is 5.32 Å². The van der Waals surface area contributed by atoms with Gasteiger partial charge in [0.25, 0.3) is 11.6 Å². The van der Waals surface area contributed by atoms with Crippen LogP contribution in [0, 0.1) is 10.1 Å². The Morgan fingerprint density at radius 2 is 1.75 bits per heavy atom. The van der Waals surface area contributed by atoms with Gasteiger partial charge in [-0.3, -0.25) is 19.8 Å². The molecule has 0 saturated heterocycles. The first-order valence-corrected chi connectivity index (χ1v) is 8.83. The van der Waals surface area contributed by atoms with E-state index in [1.165, 1.54) is 34.1 Å². The predicted octanol–water partition coefficient (Wildman–Crippen LogP) is 3.25. The Morgan fingerprint density at radius 1 is 1.11 bits per heavy atom. The summed E-state index contributed by atoms with van der Waals surface area (Å²) in [5.41, 5.74) is 2.30. The first kappa shape index (κ1) is 18.0. The first-order valence-electron chi connectivity index (χ1n) is 8.46. The average molecular weight is 399 g/mol. The molecule has 0 bridgehead atoms. The molecule has 0 saturated carbocycles. The van der Waals surface area contributed by atoms with E-state index in [0.717, 1.165) is 5.56 Å². The molecule has 0 fully saturated rings. The highest BCUT2D eigenvalue weighted by atomic mass is 35.5. The molecule has 2 aliphatic heterocycles. The molecule has 142 valence electrons. The third-order valence-electron chi connectivity index (χ3n) is 4.94. The minimum atomic E-state index is -0.591. The molecule has 0 radical (unpaired) electrons. The Balaban J connectivity index is 1.71. The summed E-state index contributed by atoms with van der Waals surface area (Å²) in [5, 5.41) is 14.3. The van der Waals surface area contributed by atoms with Crippen molar-refractivity contribution in [3.8, 4) is 0 Å². The van der Waals surface area contributed by atoms with Gasteiger partial charge in [0, 0.05) is 29.9 Å². The molecule has 2 aromatic rings. The summed E-state index contributed by atoms with van der Waals surface area (Å²) >= 11 is 5.95. The van der Waals surface area contributed by atoms with Gasteiger partial charge in [0.05, 0.1) is 28.8 Å². The number of nitrogens with zero attached hydrogens (tertiary/aromatic N) is 3. The van der Waals surface area contributed by atoms with Crippen LogP contribution in [0.25, 0.3) is 0 Å². The van der Waals surface area contributed by atoms with Crippen LogP contribution >= 0.6 is 11.6 Å². The number of hydrogen-bond acceptors (Lipinski definition) is 4. The maximum Gasteiger partial charge on any atom is 0.322 e. The van der Waals surface area contributed by atoms with Crippen molar-refractivity contribution in [2.24, 2.45) is 0 Å². The highest BCUT2D eigenvalue weighted by molar-refractivity contribution is 6.30. The minimum Gasteiger partial charge on any atom is -0.327 e. The molecule has 8 nitrogen and oxygen atoms in total. The van der Waals surface area contributed by atoms with E-state index in [1.807, 2.05) is 0 Å². The van der Waals surface area contributed by atoms with Gasteiger partial charge in [-0.25, -0.2) is 4.79 Å². The first-order chi connectivity index (χ1) is 13.4. The van der Waals surface area contributed by atoms with E-state index >= 15 is 0 Å². The van der Waals surface area contributed by atoms with Crippen molar-refractivity contribution in [2.75, 3.05) is 18.5 Å². The Kier molecular flexibility index (Phi) is 4.27. The Morgan fingerprint density at radius 3 is 2.36 bits per heavy atom. The molecule has 2 aromatic carbocycles. The van der Waals surface area contributed by atoms with Gasteiger partial charge >= 0.3 is 6.03 Å². The van der Waals surface area contributed by atoms with E-state index in [9.17, 15) is 19.7 Å². The van der Waals surface area contributed by atoms with Gasteiger partial charge in [-0.05, 0) is 29.8 Å². The van der Waals surface area contributed by atoms with E-state index in [0.29, 0.717) is 22.0 Å². The number of nitro groups is 1. The number of carbonyl (C=O) groups is 2. The Hall–Kier alpha value is -3.39. The molecule has 4 rings (SSSR count). The number of amides is 3. The topological polar surface area (TPSA) is 95.8 Å². The van der Waals surface area contributed by atoms with Crippen LogP contribution in [0.2, 0.25) is 5.02 Å². The zero-order valence-corrected chi connectivity index (χ0v) is 15.5. The number of likely N-dealkylation sites (N-methyl/N-ethyl adjacent to an activating group) is 1. The lowest BCUT2D eigenvalue weighted by Gasteiger charge is -2.31. The SMILES string of the molecule is CN1C(=O)N[C@@H](c2ccc(Cl)cc2)C2=C1CN(c1ccc([N+](=O)[O-])cc1)C2=O. The highest BCUT2D eigenvalue weighted by Crippen LogP contribution is 2.38. The third kappa shape index (κ3) is 2.87. The lowest BCUT2D eigenvalue weighted by molar-refractivity contribution is -0.384. The largest absolute Gasteiger partial charge is 0.327 e.